The van der Waals surface area contributed by atoms with Crippen LogP contribution in [0.2, 0.25) is 0 Å². The lowest BCUT2D eigenvalue weighted by molar-refractivity contribution is -0.151. The molecular weight excluding hydrogens is 422 g/mol. The lowest BCUT2D eigenvalue weighted by atomic mass is 9.96. The van der Waals surface area contributed by atoms with Crippen molar-refractivity contribution in [2.75, 3.05) is 46.5 Å². The Morgan fingerprint density at radius 2 is 1.87 bits per heavy atom. The maximum Gasteiger partial charge on any atom is 0.325 e. The van der Waals surface area contributed by atoms with Gasteiger partial charge in [-0.05, 0) is 38.0 Å². The molecule has 1 saturated heterocycles. The van der Waals surface area contributed by atoms with Crippen LogP contribution >= 0.6 is 0 Å². The van der Waals surface area contributed by atoms with Gasteiger partial charge in [0.25, 0.3) is 0 Å². The maximum atomic E-state index is 13.4. The molecule has 30 heavy (non-hydrogen) atoms. The van der Waals surface area contributed by atoms with Gasteiger partial charge < -0.3 is 14.4 Å². The number of benzene rings is 1. The molecule has 0 spiro atoms. The molecule has 0 saturated carbocycles. The first-order valence-electron chi connectivity index (χ1n) is 9.59. The number of ether oxygens (including phenoxy) is 2. The number of hydrogen-bond donors (Lipinski definition) is 0. The highest BCUT2D eigenvalue weighted by Gasteiger charge is 2.34. The van der Waals surface area contributed by atoms with Crippen molar-refractivity contribution in [3.63, 3.8) is 0 Å². The van der Waals surface area contributed by atoms with Crippen LogP contribution in [0, 0.1) is 17.6 Å². The highest BCUT2D eigenvalue weighted by atomic mass is 32.2. The second-order valence-corrected chi connectivity index (χ2v) is 8.75. The topological polar surface area (TPSA) is 93.2 Å². The van der Waals surface area contributed by atoms with Gasteiger partial charge >= 0.3 is 5.97 Å². The smallest absolute Gasteiger partial charge is 0.325 e. The predicted molar refractivity (Wildman–Crippen MR) is 103 cm³/mol. The number of halogens is 2. The molecule has 1 aromatic rings. The van der Waals surface area contributed by atoms with Crippen molar-refractivity contribution in [3.05, 3.63) is 29.8 Å². The molecule has 0 unspecified atom stereocenters. The molecule has 0 aromatic heterocycles. The largest absolute Gasteiger partial charge is 0.465 e. The van der Waals surface area contributed by atoms with Gasteiger partial charge in [-0.3, -0.25) is 9.59 Å². The molecule has 0 radical (unpaired) electrons. The summed E-state index contributed by atoms with van der Waals surface area (Å²) in [6.45, 7) is 2.22. The molecule has 8 nitrogen and oxygen atoms in total. The van der Waals surface area contributed by atoms with E-state index in [2.05, 4.69) is 0 Å². The number of piperidine rings is 1. The van der Waals surface area contributed by atoms with E-state index in [0.29, 0.717) is 6.07 Å². The van der Waals surface area contributed by atoms with Crippen molar-refractivity contribution in [1.82, 2.24) is 9.21 Å². The molecule has 0 N–H and O–H groups in total. The lowest BCUT2D eigenvalue weighted by Crippen LogP contribution is -2.46. The summed E-state index contributed by atoms with van der Waals surface area (Å²) < 4.78 is 62.9. The average molecular weight is 448 g/mol. The minimum absolute atomic E-state index is 0.0509. The van der Waals surface area contributed by atoms with Crippen LogP contribution in [0.25, 0.3) is 0 Å². The molecule has 0 aliphatic carbocycles. The number of carbonyl (C=O) groups is 2. The van der Waals surface area contributed by atoms with Gasteiger partial charge in [-0.25, -0.2) is 17.2 Å². The number of methoxy groups -OCH3 is 1. The molecule has 1 aromatic carbocycles. The summed E-state index contributed by atoms with van der Waals surface area (Å²) in [4.78, 5) is 25.7. The number of sulfonamides is 1. The highest BCUT2D eigenvalue weighted by Crippen LogP contribution is 2.26. The Hall–Kier alpha value is -2.11. The summed E-state index contributed by atoms with van der Waals surface area (Å²) in [6, 6.07) is 2.42. The monoisotopic (exact) mass is 448 g/mol. The number of rotatable bonds is 9. The lowest BCUT2D eigenvalue weighted by Gasteiger charge is -2.33. The Labute approximate surface area is 174 Å². The first-order chi connectivity index (χ1) is 14.2. The highest BCUT2D eigenvalue weighted by molar-refractivity contribution is 7.89. The van der Waals surface area contributed by atoms with Gasteiger partial charge in [-0.15, -0.1) is 0 Å². The minimum atomic E-state index is -4.00. The van der Waals surface area contributed by atoms with Gasteiger partial charge in [-0.2, -0.15) is 4.31 Å². The van der Waals surface area contributed by atoms with E-state index in [9.17, 15) is 26.8 Å². The van der Waals surface area contributed by atoms with E-state index in [1.165, 1.54) is 12.0 Å². The van der Waals surface area contributed by atoms with Crippen molar-refractivity contribution >= 4 is 21.9 Å². The summed E-state index contributed by atoms with van der Waals surface area (Å²) in [5, 5.41) is 0. The molecule has 168 valence electrons. The van der Waals surface area contributed by atoms with Crippen molar-refractivity contribution in [2.24, 2.45) is 5.92 Å². The number of nitrogens with zero attached hydrogens (tertiary/aromatic N) is 2. The Kier molecular flexibility index (Phi) is 8.68. The quantitative estimate of drug-likeness (QED) is 0.531. The molecule has 0 bridgehead atoms. The SMILES string of the molecule is CCOC(=O)CN(CCOC)C(=O)C1CCN(S(=O)(=O)c2ccc(F)c(F)c2)CC1. The summed E-state index contributed by atoms with van der Waals surface area (Å²) in [5.41, 5.74) is 0. The molecule has 1 fully saturated rings. The van der Waals surface area contributed by atoms with Crippen LogP contribution in [-0.4, -0.2) is 76.0 Å². The fourth-order valence-corrected chi connectivity index (χ4v) is 4.70. The van der Waals surface area contributed by atoms with Gasteiger partial charge in [0.15, 0.2) is 11.6 Å². The number of esters is 1. The fourth-order valence-electron chi connectivity index (χ4n) is 3.22. The zero-order chi connectivity index (χ0) is 22.3. The van der Waals surface area contributed by atoms with Gasteiger partial charge in [0, 0.05) is 32.7 Å². The second kappa shape index (κ2) is 10.8. The standard InChI is InChI=1S/C19H26F2N2O6S/c1-3-29-18(24)13-22(10-11-28-2)19(25)14-6-8-23(9-7-14)30(26,27)15-4-5-16(20)17(21)12-15/h4-5,12,14H,3,6-11,13H2,1-2H3. The van der Waals surface area contributed by atoms with Crippen LogP contribution in [0.5, 0.6) is 0 Å². The molecule has 1 aliphatic heterocycles. The normalized spacial score (nSPS) is 15.7. The van der Waals surface area contributed by atoms with Crippen molar-refractivity contribution < 1.29 is 36.3 Å². The summed E-state index contributed by atoms with van der Waals surface area (Å²) in [6.07, 6.45) is 0.488. The maximum absolute atomic E-state index is 13.4. The van der Waals surface area contributed by atoms with E-state index in [1.807, 2.05) is 0 Å². The van der Waals surface area contributed by atoms with Crippen LogP contribution < -0.4 is 0 Å². The van der Waals surface area contributed by atoms with Crippen LogP contribution in [0.1, 0.15) is 19.8 Å². The van der Waals surface area contributed by atoms with E-state index < -0.39 is 33.5 Å². The molecule has 1 aliphatic rings. The van der Waals surface area contributed by atoms with E-state index in [1.54, 1.807) is 6.92 Å². The molecule has 2 rings (SSSR count). The summed E-state index contributed by atoms with van der Waals surface area (Å²) in [7, 11) is -2.52. The van der Waals surface area contributed by atoms with Gasteiger partial charge in [0.1, 0.15) is 6.54 Å². The molecule has 0 atom stereocenters. The number of carbonyl (C=O) groups excluding carboxylic acids is 2. The van der Waals surface area contributed by atoms with Gasteiger partial charge in [0.2, 0.25) is 15.9 Å². The number of hydrogen-bond acceptors (Lipinski definition) is 6. The Morgan fingerprint density at radius 3 is 2.43 bits per heavy atom. The summed E-state index contributed by atoms with van der Waals surface area (Å²) >= 11 is 0. The van der Waals surface area contributed by atoms with Crippen molar-refractivity contribution in [2.45, 2.75) is 24.7 Å². The van der Waals surface area contributed by atoms with Crippen LogP contribution in [0.4, 0.5) is 8.78 Å². The van der Waals surface area contributed by atoms with Crippen LogP contribution in [-0.2, 0) is 29.1 Å². The molecule has 1 heterocycles. The van der Waals surface area contributed by atoms with Crippen LogP contribution in [0.15, 0.2) is 23.1 Å². The van der Waals surface area contributed by atoms with E-state index >= 15 is 0 Å². The first-order valence-corrected chi connectivity index (χ1v) is 11.0. The Bertz CT molecular complexity index is 857. The van der Waals surface area contributed by atoms with E-state index in [0.717, 1.165) is 16.4 Å². The Morgan fingerprint density at radius 1 is 1.20 bits per heavy atom. The van der Waals surface area contributed by atoms with E-state index in [-0.39, 0.29) is 63.0 Å². The zero-order valence-corrected chi connectivity index (χ0v) is 17.8. The molecule has 1 amide bonds. The Balaban J connectivity index is 2.03. The van der Waals surface area contributed by atoms with E-state index in [4.69, 9.17) is 9.47 Å². The van der Waals surface area contributed by atoms with Crippen LogP contribution in [0.3, 0.4) is 0 Å². The molecule has 11 heteroatoms. The molecular formula is C19H26F2N2O6S. The number of amides is 1. The third kappa shape index (κ3) is 5.96. The zero-order valence-electron chi connectivity index (χ0n) is 17.0. The average Bonchev–Trinajstić information content (AvgIpc) is 2.72. The predicted octanol–water partition coefficient (Wildman–Crippen LogP) is 1.40. The van der Waals surface area contributed by atoms with Crippen molar-refractivity contribution in [3.8, 4) is 0 Å². The first kappa shape index (κ1) is 24.2. The van der Waals surface area contributed by atoms with Gasteiger partial charge in [-0.1, -0.05) is 0 Å². The third-order valence-electron chi connectivity index (χ3n) is 4.83. The van der Waals surface area contributed by atoms with Gasteiger partial charge in [0.05, 0.1) is 18.1 Å². The van der Waals surface area contributed by atoms with Crippen molar-refractivity contribution in [1.29, 1.82) is 0 Å². The minimum Gasteiger partial charge on any atom is -0.465 e. The third-order valence-corrected chi connectivity index (χ3v) is 6.73. The summed E-state index contributed by atoms with van der Waals surface area (Å²) in [5.74, 6) is -3.64. The fraction of sp³-hybridized carbons (Fsp3) is 0.579. The second-order valence-electron chi connectivity index (χ2n) is 6.81.